The fraction of sp³-hybridized carbons (Fsp3) is 0. The molecule has 2 N–H and O–H groups in total. The molecule has 0 aliphatic heterocycles. The Labute approximate surface area is 64.8 Å². The van der Waals surface area contributed by atoms with E-state index in [2.05, 4.69) is 0 Å². The maximum atomic E-state index is 8.67. The topological polar surface area (TPSA) is 57.5 Å². The van der Waals surface area contributed by atoms with E-state index in [0.717, 1.165) is 0 Å². The van der Waals surface area contributed by atoms with Crippen LogP contribution in [0.25, 0.3) is 0 Å². The molecule has 0 bridgehead atoms. The van der Waals surface area contributed by atoms with Crippen molar-refractivity contribution in [2.24, 2.45) is 0 Å². The smallest absolute Gasteiger partial charge is 0.284 e. The van der Waals surface area contributed by atoms with Gasteiger partial charge in [-0.2, -0.15) is 4.21 Å². The van der Waals surface area contributed by atoms with Crippen LogP contribution < -0.4 is 0 Å². The predicted molar refractivity (Wildman–Crippen MR) is 13.4 cm³/mol. The van der Waals surface area contributed by atoms with Crippen molar-refractivity contribution in [1.29, 1.82) is 0 Å². The normalized spacial score (nSPS) is 7.00. The minimum atomic E-state index is -2.61. The molecule has 30 valence electrons. The van der Waals surface area contributed by atoms with E-state index in [9.17, 15) is 0 Å². The van der Waals surface area contributed by atoms with Gasteiger partial charge in [-0.25, -0.2) is 0 Å². The molecule has 0 spiro atoms. The van der Waals surface area contributed by atoms with Gasteiger partial charge in [0, 0.05) is 40.8 Å². The first kappa shape index (κ1) is 9.65. The van der Waals surface area contributed by atoms with E-state index in [0.29, 0.717) is 0 Å². The van der Waals surface area contributed by atoms with Crippen LogP contribution in [0.15, 0.2) is 0 Å². The van der Waals surface area contributed by atoms with E-state index in [-0.39, 0.29) is 40.8 Å². The molecule has 0 aromatic carbocycles. The molecule has 0 aliphatic rings. The van der Waals surface area contributed by atoms with Crippen molar-refractivity contribution in [3.8, 4) is 0 Å². The molecule has 0 aliphatic carbocycles. The van der Waals surface area contributed by atoms with Crippen molar-refractivity contribution in [3.05, 3.63) is 0 Å². The predicted octanol–water partition coefficient (Wildman–Crippen LogP) is -0.319. The van der Waals surface area contributed by atoms with Crippen LogP contribution in [0.3, 0.4) is 0 Å². The molecule has 5 heteroatoms. The standard InChI is InChI=1S/Nd.H2O3S/c;1-4(2)3/h;(H2,1,2,3). The second-order valence-electron chi connectivity index (χ2n) is 0.231. The summed E-state index contributed by atoms with van der Waals surface area (Å²) in [6.07, 6.45) is 0. The SMILES string of the molecule is O=S(O)O.[Nd]. The summed E-state index contributed by atoms with van der Waals surface area (Å²) in [5.74, 6) is 0. The number of hydrogen-bond donors (Lipinski definition) is 2. The Morgan fingerprint density at radius 2 is 1.40 bits per heavy atom. The van der Waals surface area contributed by atoms with E-state index in [1.165, 1.54) is 0 Å². The van der Waals surface area contributed by atoms with Gasteiger partial charge in [0.25, 0.3) is 11.4 Å². The first-order valence-corrected chi connectivity index (χ1v) is 1.60. The summed E-state index contributed by atoms with van der Waals surface area (Å²) >= 11 is -2.61. The summed E-state index contributed by atoms with van der Waals surface area (Å²) in [6.45, 7) is 0. The first-order valence-electron chi connectivity index (χ1n) is 0.532. The average Bonchev–Trinajstić information content (AvgIpc) is 0.811. The van der Waals surface area contributed by atoms with E-state index >= 15 is 0 Å². The Bertz CT molecular complexity index is 29.9. The van der Waals surface area contributed by atoms with Gasteiger partial charge in [-0.15, -0.1) is 0 Å². The Morgan fingerprint density at radius 3 is 1.40 bits per heavy atom. The third-order valence-corrected chi connectivity index (χ3v) is 0. The Balaban J connectivity index is 0. The molecule has 0 saturated carbocycles. The summed E-state index contributed by atoms with van der Waals surface area (Å²) in [7, 11) is 0. The molecule has 0 radical (unpaired) electrons. The number of rotatable bonds is 0. The molecule has 0 rings (SSSR count). The Kier molecular flexibility index (Phi) is 10.5. The van der Waals surface area contributed by atoms with Crippen molar-refractivity contribution >= 4 is 11.4 Å². The van der Waals surface area contributed by atoms with E-state index in [1.54, 1.807) is 0 Å². The minimum Gasteiger partial charge on any atom is -0.284 e. The quantitative estimate of drug-likeness (QED) is 0.557. The fourth-order valence-corrected chi connectivity index (χ4v) is 0. The zero-order valence-corrected chi connectivity index (χ0v) is 6.24. The van der Waals surface area contributed by atoms with Crippen LogP contribution >= 0.6 is 0 Å². The zero-order chi connectivity index (χ0) is 3.58. The molecule has 0 aromatic heterocycles. The molecule has 0 amide bonds. The maximum absolute atomic E-state index is 8.67. The molecule has 0 fully saturated rings. The van der Waals surface area contributed by atoms with Gasteiger partial charge in [0.1, 0.15) is 0 Å². The van der Waals surface area contributed by atoms with Crippen LogP contribution in [0.5, 0.6) is 0 Å². The monoisotopic (exact) mass is 224 g/mol. The van der Waals surface area contributed by atoms with Crippen molar-refractivity contribution in [2.45, 2.75) is 0 Å². The molecule has 0 atom stereocenters. The van der Waals surface area contributed by atoms with E-state index in [4.69, 9.17) is 13.3 Å². The van der Waals surface area contributed by atoms with Crippen LogP contribution in [-0.4, -0.2) is 13.3 Å². The van der Waals surface area contributed by atoms with E-state index < -0.39 is 11.4 Å². The van der Waals surface area contributed by atoms with Gasteiger partial charge in [-0.1, -0.05) is 0 Å². The molecule has 0 aromatic rings. The molecule has 0 saturated heterocycles. The molecular weight excluding hydrogens is 224 g/mol. The third kappa shape index (κ3) is 31.4. The number of hydrogen-bond acceptors (Lipinski definition) is 1. The van der Waals surface area contributed by atoms with Gasteiger partial charge in [0.15, 0.2) is 0 Å². The van der Waals surface area contributed by atoms with Gasteiger partial charge in [-0.3, -0.25) is 9.11 Å². The van der Waals surface area contributed by atoms with E-state index in [1.807, 2.05) is 0 Å². The zero-order valence-electron chi connectivity index (χ0n) is 2.21. The van der Waals surface area contributed by atoms with Crippen molar-refractivity contribution in [2.75, 3.05) is 0 Å². The van der Waals surface area contributed by atoms with Crippen LogP contribution in [0.4, 0.5) is 0 Å². The van der Waals surface area contributed by atoms with Crippen LogP contribution in [0.1, 0.15) is 0 Å². The average molecular weight is 226 g/mol. The summed E-state index contributed by atoms with van der Waals surface area (Å²) < 4.78 is 22.8. The molecule has 0 heterocycles. The Hall–Kier alpha value is 1.42. The summed E-state index contributed by atoms with van der Waals surface area (Å²) in [5.41, 5.74) is 0. The van der Waals surface area contributed by atoms with Gasteiger partial charge in [-0.05, 0) is 0 Å². The molecular formula is H2NdO3S. The summed E-state index contributed by atoms with van der Waals surface area (Å²) in [6, 6.07) is 0. The molecule has 3 nitrogen and oxygen atoms in total. The second kappa shape index (κ2) is 5.42. The maximum Gasteiger partial charge on any atom is 0.299 e. The van der Waals surface area contributed by atoms with Crippen LogP contribution in [-0.2, 0) is 11.4 Å². The second-order valence-corrected chi connectivity index (χ2v) is 0.692. The van der Waals surface area contributed by atoms with Crippen molar-refractivity contribution in [1.82, 2.24) is 0 Å². The fourth-order valence-electron chi connectivity index (χ4n) is 0. The third-order valence-electron chi connectivity index (χ3n) is 0. The minimum absolute atomic E-state index is 0. The van der Waals surface area contributed by atoms with Crippen LogP contribution in [0.2, 0.25) is 0 Å². The van der Waals surface area contributed by atoms with Gasteiger partial charge < -0.3 is 0 Å². The van der Waals surface area contributed by atoms with Gasteiger partial charge in [0.2, 0.25) is 0 Å². The van der Waals surface area contributed by atoms with Gasteiger partial charge in [0.05, 0.1) is 0 Å². The molecule has 5 heavy (non-hydrogen) atoms. The molecule has 0 unspecified atom stereocenters. The summed E-state index contributed by atoms with van der Waals surface area (Å²) in [4.78, 5) is 0. The van der Waals surface area contributed by atoms with Crippen LogP contribution in [0, 0.1) is 40.8 Å². The largest absolute Gasteiger partial charge is 0.299 e. The summed E-state index contributed by atoms with van der Waals surface area (Å²) in [5, 5.41) is 0. The first-order chi connectivity index (χ1) is 1.73. The van der Waals surface area contributed by atoms with Crippen molar-refractivity contribution in [3.63, 3.8) is 0 Å². The Morgan fingerprint density at radius 1 is 1.40 bits per heavy atom. The van der Waals surface area contributed by atoms with Gasteiger partial charge >= 0.3 is 0 Å². The van der Waals surface area contributed by atoms with Crippen molar-refractivity contribution < 1.29 is 54.2 Å².